The van der Waals surface area contributed by atoms with Crippen LogP contribution in [0.4, 0.5) is 4.39 Å². The molecule has 0 aromatic rings. The lowest BCUT2D eigenvalue weighted by atomic mass is 9.92. The molecule has 0 rings (SSSR count). The van der Waals surface area contributed by atoms with Crippen LogP contribution in [0.15, 0.2) is 0 Å². The largest absolute Gasteiger partial charge is 0.246 e. The Bertz CT molecular complexity index is 217. The van der Waals surface area contributed by atoms with Crippen LogP contribution >= 0.6 is 10.7 Å². The number of hydrogen-bond acceptors (Lipinski definition) is 2. The fourth-order valence-corrected chi connectivity index (χ4v) is 1.61. The van der Waals surface area contributed by atoms with Gasteiger partial charge in [0.05, 0.1) is 5.75 Å². The number of hydrogen-bond donors (Lipinski definition) is 0. The molecule has 0 amide bonds. The van der Waals surface area contributed by atoms with E-state index in [1.165, 1.54) is 0 Å². The second-order valence-electron chi connectivity index (χ2n) is 3.54. The Labute approximate surface area is 71.2 Å². The third-order valence-electron chi connectivity index (χ3n) is 1.29. The van der Waals surface area contributed by atoms with Gasteiger partial charge in [-0.3, -0.25) is 0 Å². The Morgan fingerprint density at radius 2 is 1.82 bits per heavy atom. The third kappa shape index (κ3) is 5.44. The fraction of sp³-hybridized carbons (Fsp3) is 1.00. The zero-order valence-electron chi connectivity index (χ0n) is 6.77. The third-order valence-corrected chi connectivity index (χ3v) is 2.35. The van der Waals surface area contributed by atoms with Crippen molar-refractivity contribution in [2.45, 2.75) is 26.9 Å². The minimum atomic E-state index is -3.71. The number of rotatable bonds is 2. The van der Waals surface area contributed by atoms with Gasteiger partial charge in [0.1, 0.15) is 6.17 Å². The Morgan fingerprint density at radius 1 is 1.45 bits per heavy atom. The summed E-state index contributed by atoms with van der Waals surface area (Å²) in [5.41, 5.74) is -0.665. The molecule has 0 saturated carbocycles. The van der Waals surface area contributed by atoms with Gasteiger partial charge in [0.15, 0.2) is 0 Å². The van der Waals surface area contributed by atoms with Gasteiger partial charge in [-0.15, -0.1) is 0 Å². The molecule has 0 spiro atoms. The second-order valence-corrected chi connectivity index (χ2v) is 6.36. The van der Waals surface area contributed by atoms with Crippen LogP contribution in [0.2, 0.25) is 0 Å². The Morgan fingerprint density at radius 3 is 1.91 bits per heavy atom. The summed E-state index contributed by atoms with van der Waals surface area (Å²) in [6.07, 6.45) is -1.41. The molecule has 0 bridgehead atoms. The summed E-state index contributed by atoms with van der Waals surface area (Å²) in [5, 5.41) is 0. The van der Waals surface area contributed by atoms with Gasteiger partial charge in [-0.05, 0) is 5.41 Å². The van der Waals surface area contributed by atoms with Gasteiger partial charge in [0.25, 0.3) is 0 Å². The van der Waals surface area contributed by atoms with Crippen molar-refractivity contribution >= 4 is 19.7 Å². The van der Waals surface area contributed by atoms with Crippen molar-refractivity contribution < 1.29 is 12.8 Å². The lowest BCUT2D eigenvalue weighted by Crippen LogP contribution is -2.27. The molecule has 2 nitrogen and oxygen atoms in total. The molecule has 5 heteroatoms. The lowest BCUT2D eigenvalue weighted by Gasteiger charge is -2.21. The molecular weight excluding hydrogens is 191 g/mol. The minimum Gasteiger partial charge on any atom is -0.246 e. The zero-order valence-corrected chi connectivity index (χ0v) is 8.34. The maximum absolute atomic E-state index is 12.9. The van der Waals surface area contributed by atoms with Crippen molar-refractivity contribution in [1.29, 1.82) is 0 Å². The van der Waals surface area contributed by atoms with E-state index in [1.807, 2.05) is 0 Å². The van der Waals surface area contributed by atoms with Crippen LogP contribution in [0.5, 0.6) is 0 Å². The first-order chi connectivity index (χ1) is 4.63. The molecule has 0 fully saturated rings. The normalized spacial score (nSPS) is 16.5. The smallest absolute Gasteiger partial charge is 0.235 e. The van der Waals surface area contributed by atoms with Gasteiger partial charge >= 0.3 is 0 Å². The Balaban J connectivity index is 4.21. The molecule has 1 unspecified atom stereocenters. The predicted molar refractivity (Wildman–Crippen MR) is 44.0 cm³/mol. The molecule has 1 atom stereocenters. The van der Waals surface area contributed by atoms with E-state index in [2.05, 4.69) is 0 Å². The van der Waals surface area contributed by atoms with Crippen molar-refractivity contribution in [2.24, 2.45) is 5.41 Å². The molecular formula is C6H12ClFO2S. The van der Waals surface area contributed by atoms with Crippen LogP contribution in [0.3, 0.4) is 0 Å². The molecule has 0 heterocycles. The van der Waals surface area contributed by atoms with Gasteiger partial charge in [-0.2, -0.15) is 0 Å². The first kappa shape index (κ1) is 11.2. The molecule has 0 aromatic carbocycles. The molecule has 68 valence electrons. The van der Waals surface area contributed by atoms with E-state index in [-0.39, 0.29) is 0 Å². The van der Waals surface area contributed by atoms with Gasteiger partial charge in [-0.25, -0.2) is 12.8 Å². The van der Waals surface area contributed by atoms with Crippen LogP contribution in [0.25, 0.3) is 0 Å². The van der Waals surface area contributed by atoms with E-state index in [4.69, 9.17) is 10.7 Å². The molecule has 0 radical (unpaired) electrons. The molecule has 0 N–H and O–H groups in total. The van der Waals surface area contributed by atoms with Crippen molar-refractivity contribution in [2.75, 3.05) is 5.75 Å². The summed E-state index contributed by atoms with van der Waals surface area (Å²) in [6, 6.07) is 0. The van der Waals surface area contributed by atoms with Gasteiger partial charge in [0.2, 0.25) is 9.05 Å². The first-order valence-corrected chi connectivity index (χ1v) is 5.67. The van der Waals surface area contributed by atoms with Gasteiger partial charge < -0.3 is 0 Å². The van der Waals surface area contributed by atoms with E-state index in [1.54, 1.807) is 20.8 Å². The fourth-order valence-electron chi connectivity index (χ4n) is 0.425. The molecule has 0 saturated heterocycles. The summed E-state index contributed by atoms with van der Waals surface area (Å²) in [4.78, 5) is 0. The average molecular weight is 203 g/mol. The summed E-state index contributed by atoms with van der Waals surface area (Å²) in [7, 11) is 1.16. The number of alkyl halides is 1. The van der Waals surface area contributed by atoms with E-state index < -0.39 is 26.4 Å². The minimum absolute atomic E-state index is 0.613. The number of halogens is 2. The average Bonchev–Trinajstić information content (AvgIpc) is 1.56. The van der Waals surface area contributed by atoms with E-state index in [0.717, 1.165) is 0 Å². The SMILES string of the molecule is CC(C)(C)C(F)CS(=O)(=O)Cl. The summed E-state index contributed by atoms with van der Waals surface area (Å²) in [5.74, 6) is -0.613. The van der Waals surface area contributed by atoms with Crippen molar-refractivity contribution in [3.63, 3.8) is 0 Å². The predicted octanol–water partition coefficient (Wildman–Crippen LogP) is 1.94. The highest BCUT2D eigenvalue weighted by molar-refractivity contribution is 8.13. The monoisotopic (exact) mass is 202 g/mol. The highest BCUT2D eigenvalue weighted by Crippen LogP contribution is 2.24. The molecule has 0 aromatic heterocycles. The van der Waals surface area contributed by atoms with Crippen LogP contribution in [-0.2, 0) is 9.05 Å². The molecule has 11 heavy (non-hydrogen) atoms. The van der Waals surface area contributed by atoms with Crippen LogP contribution in [0, 0.1) is 5.41 Å². The van der Waals surface area contributed by atoms with E-state index in [9.17, 15) is 12.8 Å². The quantitative estimate of drug-likeness (QED) is 0.642. The Kier molecular flexibility index (Phi) is 3.32. The van der Waals surface area contributed by atoms with Crippen molar-refractivity contribution in [1.82, 2.24) is 0 Å². The first-order valence-electron chi connectivity index (χ1n) is 3.19. The van der Waals surface area contributed by atoms with Crippen molar-refractivity contribution in [3.8, 4) is 0 Å². The summed E-state index contributed by atoms with van der Waals surface area (Å²) < 4.78 is 33.8. The lowest BCUT2D eigenvalue weighted by molar-refractivity contribution is 0.185. The standard InChI is InChI=1S/C6H12ClFO2S/c1-6(2,3)5(8)4-11(7,9)10/h5H,4H2,1-3H3. The van der Waals surface area contributed by atoms with Gasteiger partial charge in [0, 0.05) is 10.7 Å². The van der Waals surface area contributed by atoms with E-state index >= 15 is 0 Å². The highest BCUT2D eigenvalue weighted by atomic mass is 35.7. The van der Waals surface area contributed by atoms with Gasteiger partial charge in [-0.1, -0.05) is 20.8 Å². The second kappa shape index (κ2) is 3.27. The zero-order chi connectivity index (χ0) is 9.28. The van der Waals surface area contributed by atoms with Crippen LogP contribution in [-0.4, -0.2) is 20.3 Å². The Hall–Kier alpha value is 0.170. The highest BCUT2D eigenvalue weighted by Gasteiger charge is 2.28. The summed E-state index contributed by atoms with van der Waals surface area (Å²) >= 11 is 0. The van der Waals surface area contributed by atoms with E-state index in [0.29, 0.717) is 0 Å². The summed E-state index contributed by atoms with van der Waals surface area (Å²) in [6.45, 7) is 4.87. The molecule has 0 aliphatic carbocycles. The topological polar surface area (TPSA) is 34.1 Å². The molecule has 0 aliphatic rings. The van der Waals surface area contributed by atoms with Crippen LogP contribution in [0.1, 0.15) is 20.8 Å². The van der Waals surface area contributed by atoms with Crippen molar-refractivity contribution in [3.05, 3.63) is 0 Å². The molecule has 0 aliphatic heterocycles. The van der Waals surface area contributed by atoms with Crippen LogP contribution < -0.4 is 0 Å². The maximum atomic E-state index is 12.9. The maximum Gasteiger partial charge on any atom is 0.235 e.